The Bertz CT molecular complexity index is 511. The molecule has 0 saturated carbocycles. The molecule has 0 atom stereocenters. The number of halogens is 1. The number of aliphatic imine (C=N–C) groups is 1. The summed E-state index contributed by atoms with van der Waals surface area (Å²) in [6, 6.07) is 6.01. The molecule has 0 saturated heterocycles. The van der Waals surface area contributed by atoms with Gasteiger partial charge in [0.05, 0.1) is 11.4 Å². The lowest BCUT2D eigenvalue weighted by Gasteiger charge is -2.06. The first-order valence-corrected chi connectivity index (χ1v) is 7.38. The highest BCUT2D eigenvalue weighted by atomic mass is 35.5. The number of hydrogen-bond donors (Lipinski definition) is 1. The minimum atomic E-state index is -3.52. The van der Waals surface area contributed by atoms with E-state index in [-0.39, 0.29) is 4.90 Å². The van der Waals surface area contributed by atoms with Crippen molar-refractivity contribution in [3.05, 3.63) is 29.3 Å². The topological polar surface area (TPSA) is 58.5 Å². The van der Waals surface area contributed by atoms with E-state index in [0.717, 1.165) is 5.75 Å². The van der Waals surface area contributed by atoms with Gasteiger partial charge in [-0.3, -0.25) is 9.71 Å². The zero-order valence-corrected chi connectivity index (χ0v) is 10.6. The molecule has 2 rings (SSSR count). The molecule has 1 heterocycles. The fourth-order valence-corrected chi connectivity index (χ4v) is 3.34. The van der Waals surface area contributed by atoms with Crippen molar-refractivity contribution in [1.29, 1.82) is 0 Å². The van der Waals surface area contributed by atoms with Crippen molar-refractivity contribution in [1.82, 2.24) is 4.72 Å². The Morgan fingerprint density at radius 3 is 2.56 bits per heavy atom. The molecular formula is C9H9ClN2O2S2. The SMILES string of the molecule is O=S(=O)(NC1=NCCS1)c1ccc(Cl)cc1. The van der Waals surface area contributed by atoms with Crippen molar-refractivity contribution in [2.45, 2.75) is 4.90 Å². The molecule has 0 aromatic heterocycles. The lowest BCUT2D eigenvalue weighted by Crippen LogP contribution is -2.27. The van der Waals surface area contributed by atoms with Crippen molar-refractivity contribution in [2.75, 3.05) is 12.3 Å². The molecule has 16 heavy (non-hydrogen) atoms. The summed E-state index contributed by atoms with van der Waals surface area (Å²) in [6.45, 7) is 0.656. The molecule has 0 fully saturated rings. The maximum absolute atomic E-state index is 11.9. The zero-order chi connectivity index (χ0) is 11.6. The smallest absolute Gasteiger partial charge is 0.261 e. The Kier molecular flexibility index (Phi) is 3.41. The van der Waals surface area contributed by atoms with Crippen molar-refractivity contribution in [3.63, 3.8) is 0 Å². The first kappa shape index (κ1) is 11.8. The third-order valence-corrected chi connectivity index (χ3v) is 4.56. The van der Waals surface area contributed by atoms with Crippen LogP contribution >= 0.6 is 23.4 Å². The summed E-state index contributed by atoms with van der Waals surface area (Å²) in [5, 5.41) is 0.960. The van der Waals surface area contributed by atoms with Gasteiger partial charge in [-0.15, -0.1) is 0 Å². The first-order valence-electron chi connectivity index (χ1n) is 4.53. The van der Waals surface area contributed by atoms with E-state index < -0.39 is 10.0 Å². The second kappa shape index (κ2) is 4.65. The number of hydrogen-bond acceptors (Lipinski definition) is 4. The van der Waals surface area contributed by atoms with Crippen LogP contribution in [0.1, 0.15) is 0 Å². The van der Waals surface area contributed by atoms with Crippen molar-refractivity contribution < 1.29 is 8.42 Å². The molecular weight excluding hydrogens is 268 g/mol. The number of nitrogens with zero attached hydrogens (tertiary/aromatic N) is 1. The van der Waals surface area contributed by atoms with Gasteiger partial charge in [-0.1, -0.05) is 23.4 Å². The maximum atomic E-state index is 11.9. The summed E-state index contributed by atoms with van der Waals surface area (Å²) in [5.74, 6) is 0.818. The third-order valence-electron chi connectivity index (χ3n) is 1.93. The minimum absolute atomic E-state index is 0.187. The molecule has 0 bridgehead atoms. The Balaban J connectivity index is 2.21. The molecule has 1 aromatic rings. The van der Waals surface area contributed by atoms with E-state index in [4.69, 9.17) is 11.6 Å². The van der Waals surface area contributed by atoms with Gasteiger partial charge in [-0.05, 0) is 24.3 Å². The van der Waals surface area contributed by atoms with Gasteiger partial charge in [0.1, 0.15) is 0 Å². The number of nitrogens with one attached hydrogen (secondary N) is 1. The second-order valence-corrected chi connectivity index (χ2v) is 6.30. The molecule has 1 aliphatic rings. The van der Waals surface area contributed by atoms with Gasteiger partial charge in [-0.2, -0.15) is 0 Å². The Morgan fingerprint density at radius 1 is 1.31 bits per heavy atom. The average molecular weight is 277 g/mol. The molecule has 7 heteroatoms. The predicted octanol–water partition coefficient (Wildman–Crippen LogP) is 1.72. The lowest BCUT2D eigenvalue weighted by atomic mass is 10.4. The average Bonchev–Trinajstić information content (AvgIpc) is 2.70. The number of rotatable bonds is 2. The van der Waals surface area contributed by atoms with Crippen molar-refractivity contribution >= 4 is 38.6 Å². The van der Waals surface area contributed by atoms with E-state index in [2.05, 4.69) is 9.71 Å². The van der Waals surface area contributed by atoms with Crippen LogP contribution in [0.5, 0.6) is 0 Å². The van der Waals surface area contributed by atoms with E-state index in [1.54, 1.807) is 12.1 Å². The molecule has 4 nitrogen and oxygen atoms in total. The van der Waals surface area contributed by atoms with Crippen LogP contribution in [0.2, 0.25) is 5.02 Å². The predicted molar refractivity (Wildman–Crippen MR) is 66.5 cm³/mol. The van der Waals surface area contributed by atoms with Crippen LogP contribution < -0.4 is 4.72 Å². The Morgan fingerprint density at radius 2 is 2.00 bits per heavy atom. The van der Waals surface area contributed by atoms with E-state index in [1.165, 1.54) is 23.9 Å². The monoisotopic (exact) mass is 276 g/mol. The fraction of sp³-hybridized carbons (Fsp3) is 0.222. The van der Waals surface area contributed by atoms with Gasteiger partial charge < -0.3 is 0 Å². The number of benzene rings is 1. The summed E-state index contributed by atoms with van der Waals surface area (Å²) < 4.78 is 26.1. The van der Waals surface area contributed by atoms with Crippen LogP contribution in [0.4, 0.5) is 0 Å². The molecule has 0 amide bonds. The molecule has 0 aliphatic carbocycles. The van der Waals surface area contributed by atoms with Crippen LogP contribution in [0.25, 0.3) is 0 Å². The molecule has 0 unspecified atom stereocenters. The quantitative estimate of drug-likeness (QED) is 0.895. The summed E-state index contributed by atoms with van der Waals surface area (Å²) in [7, 11) is -3.52. The molecule has 1 aromatic carbocycles. The number of sulfonamides is 1. The van der Waals surface area contributed by atoms with Crippen LogP contribution in [0.3, 0.4) is 0 Å². The van der Waals surface area contributed by atoms with Gasteiger partial charge in [-0.25, -0.2) is 8.42 Å². The Hall–Kier alpha value is -0.720. The van der Waals surface area contributed by atoms with Crippen LogP contribution in [0, 0.1) is 0 Å². The van der Waals surface area contributed by atoms with Crippen LogP contribution in [0.15, 0.2) is 34.2 Å². The normalized spacial score (nSPS) is 15.9. The molecule has 1 aliphatic heterocycles. The van der Waals surface area contributed by atoms with Gasteiger partial charge >= 0.3 is 0 Å². The minimum Gasteiger partial charge on any atom is -0.261 e. The van der Waals surface area contributed by atoms with Crippen molar-refractivity contribution in [2.24, 2.45) is 4.99 Å². The summed E-state index contributed by atoms with van der Waals surface area (Å²) in [5.41, 5.74) is 0. The Labute approximate surface area is 103 Å². The summed E-state index contributed by atoms with van der Waals surface area (Å²) >= 11 is 7.09. The highest BCUT2D eigenvalue weighted by Gasteiger charge is 2.18. The second-order valence-electron chi connectivity index (χ2n) is 3.09. The summed E-state index contributed by atoms with van der Waals surface area (Å²) in [4.78, 5) is 4.21. The molecule has 0 spiro atoms. The standard InChI is InChI=1S/C9H9ClN2O2S2/c10-7-1-3-8(4-2-7)16(13,14)12-9-11-5-6-15-9/h1-4H,5-6H2,(H,11,12). The van der Waals surface area contributed by atoms with Crippen LogP contribution in [-0.2, 0) is 10.0 Å². The largest absolute Gasteiger partial charge is 0.263 e. The first-order chi connectivity index (χ1) is 7.58. The zero-order valence-electron chi connectivity index (χ0n) is 8.18. The lowest BCUT2D eigenvalue weighted by molar-refractivity contribution is 0.593. The number of thioether (sulfide) groups is 1. The van der Waals surface area contributed by atoms with E-state index >= 15 is 0 Å². The maximum Gasteiger partial charge on any atom is 0.263 e. The van der Waals surface area contributed by atoms with Gasteiger partial charge in [0.25, 0.3) is 10.0 Å². The highest BCUT2D eigenvalue weighted by molar-refractivity contribution is 8.15. The number of amidine groups is 1. The molecule has 1 N–H and O–H groups in total. The van der Waals surface area contributed by atoms with Gasteiger partial charge in [0, 0.05) is 10.8 Å². The third kappa shape index (κ3) is 2.69. The van der Waals surface area contributed by atoms with Gasteiger partial charge in [0.15, 0.2) is 5.17 Å². The summed E-state index contributed by atoms with van der Waals surface area (Å²) in [6.07, 6.45) is 0. The van der Waals surface area contributed by atoms with E-state index in [1.807, 2.05) is 0 Å². The van der Waals surface area contributed by atoms with Crippen molar-refractivity contribution in [3.8, 4) is 0 Å². The molecule has 86 valence electrons. The van der Waals surface area contributed by atoms with E-state index in [9.17, 15) is 8.42 Å². The van der Waals surface area contributed by atoms with E-state index in [0.29, 0.717) is 16.7 Å². The van der Waals surface area contributed by atoms with Crippen LogP contribution in [-0.4, -0.2) is 25.9 Å². The molecule has 0 radical (unpaired) electrons. The fourth-order valence-electron chi connectivity index (χ4n) is 1.18. The highest BCUT2D eigenvalue weighted by Crippen LogP contribution is 2.16. The van der Waals surface area contributed by atoms with Gasteiger partial charge in [0.2, 0.25) is 0 Å².